The van der Waals surface area contributed by atoms with Crippen molar-refractivity contribution in [2.24, 2.45) is 0 Å². The second kappa shape index (κ2) is 9.01. The molecular weight excluding hydrogens is 390 g/mol. The minimum absolute atomic E-state index is 0.0918. The molecule has 0 aliphatic heterocycles. The molecule has 3 rings (SSSR count). The summed E-state index contributed by atoms with van der Waals surface area (Å²) in [6.07, 6.45) is 1.59. The molecule has 7 heteroatoms. The number of nitrogens with zero attached hydrogens (tertiary/aromatic N) is 2. The number of benzene rings is 2. The molecule has 29 heavy (non-hydrogen) atoms. The Morgan fingerprint density at radius 1 is 1.14 bits per heavy atom. The smallest absolute Gasteiger partial charge is 0.255 e. The van der Waals surface area contributed by atoms with Crippen molar-refractivity contribution < 1.29 is 14.3 Å². The van der Waals surface area contributed by atoms with E-state index in [1.54, 1.807) is 37.2 Å². The van der Waals surface area contributed by atoms with E-state index >= 15 is 0 Å². The number of amides is 1. The van der Waals surface area contributed by atoms with Crippen molar-refractivity contribution in [1.29, 1.82) is 0 Å². The van der Waals surface area contributed by atoms with E-state index in [1.807, 2.05) is 44.2 Å². The lowest BCUT2D eigenvalue weighted by atomic mass is 10.0. The van der Waals surface area contributed by atoms with Crippen LogP contribution in [-0.2, 0) is 6.54 Å². The molecule has 0 fully saturated rings. The van der Waals surface area contributed by atoms with Crippen molar-refractivity contribution in [2.45, 2.75) is 26.3 Å². The topological polar surface area (TPSA) is 65.4 Å². The lowest BCUT2D eigenvalue weighted by Crippen LogP contribution is -2.24. The van der Waals surface area contributed by atoms with Crippen LogP contribution in [-0.4, -0.2) is 29.9 Å². The zero-order valence-electron chi connectivity index (χ0n) is 16.9. The summed E-state index contributed by atoms with van der Waals surface area (Å²) < 4.78 is 12.3. The van der Waals surface area contributed by atoms with Crippen molar-refractivity contribution in [3.05, 3.63) is 70.5 Å². The highest BCUT2D eigenvalue weighted by atomic mass is 35.5. The first kappa shape index (κ1) is 20.7. The van der Waals surface area contributed by atoms with Gasteiger partial charge in [0.2, 0.25) is 0 Å². The molecule has 0 saturated heterocycles. The van der Waals surface area contributed by atoms with E-state index in [0.717, 1.165) is 16.9 Å². The Morgan fingerprint density at radius 3 is 2.41 bits per heavy atom. The van der Waals surface area contributed by atoms with Gasteiger partial charge in [0.25, 0.3) is 5.91 Å². The highest BCUT2D eigenvalue weighted by molar-refractivity contribution is 6.30. The molecular formula is C22H24ClN3O3. The van der Waals surface area contributed by atoms with Gasteiger partial charge in [-0.15, -0.1) is 0 Å². The summed E-state index contributed by atoms with van der Waals surface area (Å²) in [6, 6.07) is 12.9. The van der Waals surface area contributed by atoms with Crippen molar-refractivity contribution in [3.63, 3.8) is 0 Å². The van der Waals surface area contributed by atoms with E-state index in [1.165, 1.54) is 0 Å². The van der Waals surface area contributed by atoms with Gasteiger partial charge < -0.3 is 14.8 Å². The first-order valence-corrected chi connectivity index (χ1v) is 9.64. The Balaban J connectivity index is 1.85. The van der Waals surface area contributed by atoms with Crippen LogP contribution in [0.15, 0.2) is 48.7 Å². The van der Waals surface area contributed by atoms with E-state index in [9.17, 15) is 4.79 Å². The van der Waals surface area contributed by atoms with Crippen LogP contribution in [0.2, 0.25) is 5.02 Å². The Bertz CT molecular complexity index is 992. The average Bonchev–Trinajstić information content (AvgIpc) is 3.17. The van der Waals surface area contributed by atoms with E-state index in [0.29, 0.717) is 28.6 Å². The molecule has 0 radical (unpaired) electrons. The van der Waals surface area contributed by atoms with Crippen LogP contribution in [0, 0.1) is 0 Å². The molecule has 0 spiro atoms. The fourth-order valence-electron chi connectivity index (χ4n) is 3.15. The van der Waals surface area contributed by atoms with Gasteiger partial charge in [-0.25, -0.2) is 4.68 Å². The summed E-state index contributed by atoms with van der Waals surface area (Å²) in [6.45, 7) is 4.40. The van der Waals surface area contributed by atoms with Gasteiger partial charge in [-0.05, 0) is 41.8 Å². The number of methoxy groups -OCH3 is 2. The first-order valence-electron chi connectivity index (χ1n) is 9.27. The number of nitrogens with one attached hydrogen (secondary N) is 1. The molecule has 0 aliphatic carbocycles. The minimum Gasteiger partial charge on any atom is -0.497 e. The molecule has 1 N–H and O–H groups in total. The average molecular weight is 414 g/mol. The van der Waals surface area contributed by atoms with Gasteiger partial charge >= 0.3 is 0 Å². The molecule has 152 valence electrons. The third kappa shape index (κ3) is 4.71. The van der Waals surface area contributed by atoms with Crippen LogP contribution in [0.25, 0.3) is 5.69 Å². The van der Waals surface area contributed by atoms with E-state index in [2.05, 4.69) is 10.4 Å². The number of hydrogen-bond acceptors (Lipinski definition) is 4. The number of halogens is 1. The molecule has 3 aromatic rings. The van der Waals surface area contributed by atoms with Gasteiger partial charge in [-0.1, -0.05) is 31.5 Å². The zero-order valence-corrected chi connectivity index (χ0v) is 17.7. The van der Waals surface area contributed by atoms with Gasteiger partial charge in [-0.2, -0.15) is 5.10 Å². The van der Waals surface area contributed by atoms with Gasteiger partial charge in [0, 0.05) is 17.6 Å². The van der Waals surface area contributed by atoms with Crippen LogP contribution in [0.3, 0.4) is 0 Å². The quantitative estimate of drug-likeness (QED) is 0.615. The maximum absolute atomic E-state index is 12.9. The van der Waals surface area contributed by atoms with Crippen molar-refractivity contribution in [1.82, 2.24) is 15.1 Å². The molecule has 0 atom stereocenters. The Labute approximate surface area is 175 Å². The lowest BCUT2D eigenvalue weighted by Gasteiger charge is -2.13. The van der Waals surface area contributed by atoms with Gasteiger partial charge in [0.05, 0.1) is 37.4 Å². The Morgan fingerprint density at radius 2 is 1.83 bits per heavy atom. The third-order valence-corrected chi connectivity index (χ3v) is 4.75. The number of aromatic nitrogens is 2. The maximum Gasteiger partial charge on any atom is 0.255 e. The molecule has 0 aliphatic rings. The van der Waals surface area contributed by atoms with Crippen LogP contribution in [0.1, 0.15) is 41.4 Å². The lowest BCUT2D eigenvalue weighted by molar-refractivity contribution is 0.0949. The van der Waals surface area contributed by atoms with Crippen molar-refractivity contribution in [2.75, 3.05) is 14.2 Å². The summed E-state index contributed by atoms with van der Waals surface area (Å²) in [4.78, 5) is 12.9. The van der Waals surface area contributed by atoms with Crippen molar-refractivity contribution >= 4 is 17.5 Å². The highest BCUT2D eigenvalue weighted by Gasteiger charge is 2.21. The number of ether oxygens (including phenoxy) is 2. The molecule has 1 amide bonds. The molecule has 1 aromatic heterocycles. The molecule has 0 unspecified atom stereocenters. The van der Waals surface area contributed by atoms with E-state index < -0.39 is 0 Å². The predicted octanol–water partition coefficient (Wildman–Crippen LogP) is 4.60. The summed E-state index contributed by atoms with van der Waals surface area (Å²) in [5.41, 5.74) is 3.06. The third-order valence-electron chi connectivity index (χ3n) is 4.52. The normalized spacial score (nSPS) is 10.8. The predicted molar refractivity (Wildman–Crippen MR) is 113 cm³/mol. The van der Waals surface area contributed by atoms with Crippen molar-refractivity contribution in [3.8, 4) is 17.2 Å². The summed E-state index contributed by atoms with van der Waals surface area (Å²) >= 11 is 6.12. The van der Waals surface area contributed by atoms with Crippen LogP contribution in [0.4, 0.5) is 0 Å². The molecule has 0 saturated carbocycles. The molecule has 2 aromatic carbocycles. The second-order valence-corrected chi connectivity index (χ2v) is 7.33. The van der Waals surface area contributed by atoms with Crippen LogP contribution < -0.4 is 14.8 Å². The zero-order chi connectivity index (χ0) is 21.0. The molecule has 6 nitrogen and oxygen atoms in total. The molecule has 1 heterocycles. The molecule has 0 bridgehead atoms. The fraction of sp³-hybridized carbons (Fsp3) is 0.273. The largest absolute Gasteiger partial charge is 0.497 e. The fourth-order valence-corrected chi connectivity index (χ4v) is 3.33. The summed E-state index contributed by atoms with van der Waals surface area (Å²) in [5, 5.41) is 8.01. The second-order valence-electron chi connectivity index (χ2n) is 6.89. The summed E-state index contributed by atoms with van der Waals surface area (Å²) in [7, 11) is 3.19. The van der Waals surface area contributed by atoms with E-state index in [4.69, 9.17) is 21.1 Å². The van der Waals surface area contributed by atoms with Crippen LogP contribution in [0.5, 0.6) is 11.5 Å². The monoisotopic (exact) mass is 413 g/mol. The van der Waals surface area contributed by atoms with Crippen LogP contribution >= 0.6 is 11.6 Å². The number of rotatable bonds is 7. The van der Waals surface area contributed by atoms with Gasteiger partial charge in [-0.3, -0.25) is 4.79 Å². The number of carbonyl (C=O) groups excluding carboxylic acids is 1. The minimum atomic E-state index is -0.191. The number of carbonyl (C=O) groups is 1. The first-order chi connectivity index (χ1) is 13.9. The number of hydrogen-bond donors (Lipinski definition) is 1. The van der Waals surface area contributed by atoms with Gasteiger partial charge in [0.15, 0.2) is 0 Å². The van der Waals surface area contributed by atoms with Gasteiger partial charge in [0.1, 0.15) is 11.5 Å². The summed E-state index contributed by atoms with van der Waals surface area (Å²) in [5.74, 6) is 1.24. The van der Waals surface area contributed by atoms with E-state index in [-0.39, 0.29) is 11.8 Å². The highest BCUT2D eigenvalue weighted by Crippen LogP contribution is 2.25. The standard InChI is InChI=1S/C22H24ClN3O3/c1-14(2)21-20(13-25-26(21)17-7-5-6-16(23)10-17)22(27)24-12-15-8-18(28-3)11-19(9-15)29-4/h5-11,13-14H,12H2,1-4H3,(H,24,27). The maximum atomic E-state index is 12.9. The SMILES string of the molecule is COc1cc(CNC(=O)c2cnn(-c3cccc(Cl)c3)c2C(C)C)cc(OC)c1. The Hall–Kier alpha value is -2.99. The Kier molecular flexibility index (Phi) is 6.44.